The number of nitrogens with one attached hydrogen (secondary N) is 1. The van der Waals surface area contributed by atoms with Crippen LogP contribution in [0.2, 0.25) is 0 Å². The summed E-state index contributed by atoms with van der Waals surface area (Å²) in [6.07, 6.45) is 0.120. The lowest BCUT2D eigenvalue weighted by Crippen LogP contribution is -2.42. The van der Waals surface area contributed by atoms with Gasteiger partial charge in [-0.1, -0.05) is 54.6 Å². The Labute approximate surface area is 270 Å². The summed E-state index contributed by atoms with van der Waals surface area (Å²) < 4.78 is 22.4. The molecule has 1 heterocycles. The van der Waals surface area contributed by atoms with Crippen molar-refractivity contribution < 1.29 is 28.5 Å². The van der Waals surface area contributed by atoms with Crippen molar-refractivity contribution in [2.45, 2.75) is 25.9 Å². The van der Waals surface area contributed by atoms with Gasteiger partial charge in [0.2, 0.25) is 11.7 Å². The van der Waals surface area contributed by atoms with E-state index in [0.29, 0.717) is 41.7 Å². The first-order valence-corrected chi connectivity index (χ1v) is 15.3. The number of morpholine rings is 1. The van der Waals surface area contributed by atoms with Crippen LogP contribution in [0.1, 0.15) is 28.3 Å². The Morgan fingerprint density at radius 1 is 0.848 bits per heavy atom. The van der Waals surface area contributed by atoms with E-state index in [9.17, 15) is 9.59 Å². The maximum Gasteiger partial charge on any atom is 0.251 e. The van der Waals surface area contributed by atoms with Gasteiger partial charge in [-0.25, -0.2) is 0 Å². The predicted molar refractivity (Wildman–Crippen MR) is 179 cm³/mol. The zero-order valence-electron chi connectivity index (χ0n) is 26.8. The van der Waals surface area contributed by atoms with Crippen molar-refractivity contribution in [3.63, 3.8) is 0 Å². The van der Waals surface area contributed by atoms with E-state index in [4.69, 9.17) is 18.9 Å². The number of carbonyl (C=O) groups excluding carboxylic acids is 2. The highest BCUT2D eigenvalue weighted by molar-refractivity contribution is 5.98. The summed E-state index contributed by atoms with van der Waals surface area (Å²) in [4.78, 5) is 32.7. The quantitative estimate of drug-likeness (QED) is 0.213. The molecule has 0 aliphatic carbocycles. The lowest BCUT2D eigenvalue weighted by Gasteiger charge is -2.33. The minimum atomic E-state index is -1.04. The highest BCUT2D eigenvalue weighted by atomic mass is 16.5. The summed E-state index contributed by atoms with van der Waals surface area (Å²) >= 11 is 0. The van der Waals surface area contributed by atoms with Crippen LogP contribution >= 0.6 is 0 Å². The van der Waals surface area contributed by atoms with Crippen molar-refractivity contribution in [2.75, 3.05) is 57.8 Å². The molecule has 1 aliphatic rings. The highest BCUT2D eigenvalue weighted by Crippen LogP contribution is 2.41. The van der Waals surface area contributed by atoms with Crippen molar-refractivity contribution in [3.8, 4) is 17.2 Å². The van der Waals surface area contributed by atoms with Crippen LogP contribution in [-0.2, 0) is 27.3 Å². The zero-order valence-corrected chi connectivity index (χ0v) is 26.8. The number of anilines is 2. The lowest BCUT2D eigenvalue weighted by atomic mass is 9.99. The second-order valence-electron chi connectivity index (χ2n) is 11.1. The fourth-order valence-corrected chi connectivity index (χ4v) is 5.69. The fraction of sp³-hybridized carbons (Fsp3) is 0.297. The SMILES string of the molecule is COc1cc(C(C(=O)Nc2ccc(N3CCOCC3)cc2)N(Cc2ccccc2C)C(=O)Cc2ccccc2)cc(OC)c1OC. The molecule has 2 amide bonds. The van der Waals surface area contributed by atoms with Crippen LogP contribution in [0.3, 0.4) is 0 Å². The molecule has 1 unspecified atom stereocenters. The second kappa shape index (κ2) is 15.3. The Kier molecular flexibility index (Phi) is 10.8. The molecule has 1 atom stereocenters. The standard InChI is InChI=1S/C37H41N3O6/c1-26-10-8-9-13-28(26)25-40(34(41)22-27-11-6-5-7-12-27)35(29-23-32(43-2)36(45-4)33(24-29)44-3)37(42)38-30-14-16-31(17-15-30)39-18-20-46-21-19-39/h5-17,23-24,35H,18-22,25H2,1-4H3,(H,38,42). The molecule has 0 bridgehead atoms. The Hall–Kier alpha value is -5.02. The molecule has 9 nitrogen and oxygen atoms in total. The first-order valence-electron chi connectivity index (χ1n) is 15.3. The van der Waals surface area contributed by atoms with Gasteiger partial charge in [0.25, 0.3) is 5.91 Å². The van der Waals surface area contributed by atoms with Crippen molar-refractivity contribution >= 4 is 23.2 Å². The monoisotopic (exact) mass is 623 g/mol. The molecular formula is C37H41N3O6. The third kappa shape index (κ3) is 7.61. The maximum atomic E-state index is 14.5. The average Bonchev–Trinajstić information content (AvgIpc) is 3.09. The van der Waals surface area contributed by atoms with E-state index in [0.717, 1.165) is 35.5 Å². The van der Waals surface area contributed by atoms with Gasteiger partial charge < -0.3 is 34.1 Å². The summed E-state index contributed by atoms with van der Waals surface area (Å²) in [5.41, 5.74) is 5.00. The highest BCUT2D eigenvalue weighted by Gasteiger charge is 2.34. The van der Waals surface area contributed by atoms with Crippen LogP contribution in [0.15, 0.2) is 91.0 Å². The van der Waals surface area contributed by atoms with Crippen LogP contribution < -0.4 is 24.4 Å². The normalized spacial score (nSPS) is 13.4. The number of ether oxygens (including phenoxy) is 4. The summed E-state index contributed by atoms with van der Waals surface area (Å²) in [6.45, 7) is 5.20. The van der Waals surface area contributed by atoms with E-state index >= 15 is 0 Å². The summed E-state index contributed by atoms with van der Waals surface area (Å²) in [6, 6.07) is 27.6. The van der Waals surface area contributed by atoms with Gasteiger partial charge >= 0.3 is 0 Å². The molecule has 1 N–H and O–H groups in total. The molecule has 1 saturated heterocycles. The molecular weight excluding hydrogens is 582 g/mol. The molecule has 4 aromatic rings. The van der Waals surface area contributed by atoms with Crippen molar-refractivity contribution in [1.29, 1.82) is 0 Å². The number of hydrogen-bond acceptors (Lipinski definition) is 7. The van der Waals surface area contributed by atoms with Gasteiger partial charge in [0, 0.05) is 31.0 Å². The molecule has 5 rings (SSSR count). The fourth-order valence-electron chi connectivity index (χ4n) is 5.69. The number of amides is 2. The number of rotatable bonds is 12. The van der Waals surface area contributed by atoms with E-state index in [1.807, 2.05) is 85.8 Å². The van der Waals surface area contributed by atoms with E-state index in [-0.39, 0.29) is 24.8 Å². The van der Waals surface area contributed by atoms with Gasteiger partial charge in [-0.15, -0.1) is 0 Å². The van der Waals surface area contributed by atoms with Crippen LogP contribution in [-0.4, -0.2) is 64.3 Å². The predicted octanol–water partition coefficient (Wildman–Crippen LogP) is 5.81. The molecule has 46 heavy (non-hydrogen) atoms. The number of carbonyl (C=O) groups is 2. The molecule has 0 saturated carbocycles. The van der Waals surface area contributed by atoms with E-state index in [2.05, 4.69) is 10.2 Å². The van der Waals surface area contributed by atoms with Crippen LogP contribution in [0, 0.1) is 6.92 Å². The summed E-state index contributed by atoms with van der Waals surface area (Å²) in [5.74, 6) is 0.591. The molecule has 240 valence electrons. The maximum absolute atomic E-state index is 14.5. The Morgan fingerprint density at radius 2 is 1.48 bits per heavy atom. The molecule has 9 heteroatoms. The van der Waals surface area contributed by atoms with Gasteiger partial charge in [-0.05, 0) is 65.6 Å². The summed E-state index contributed by atoms with van der Waals surface area (Å²) in [5, 5.41) is 3.08. The topological polar surface area (TPSA) is 89.6 Å². The number of benzene rings is 4. The van der Waals surface area contributed by atoms with Gasteiger partial charge in [0.05, 0.1) is 41.0 Å². The van der Waals surface area contributed by atoms with Gasteiger partial charge in [-0.3, -0.25) is 9.59 Å². The molecule has 4 aromatic carbocycles. The molecule has 1 aliphatic heterocycles. The van der Waals surface area contributed by atoms with Crippen LogP contribution in [0.25, 0.3) is 0 Å². The van der Waals surface area contributed by atoms with E-state index in [1.54, 1.807) is 17.0 Å². The Balaban J connectivity index is 1.57. The Bertz CT molecular complexity index is 1600. The molecule has 0 aromatic heterocycles. The number of hydrogen-bond donors (Lipinski definition) is 1. The van der Waals surface area contributed by atoms with Gasteiger partial charge in [0.15, 0.2) is 11.5 Å². The first-order chi connectivity index (χ1) is 22.4. The smallest absolute Gasteiger partial charge is 0.251 e. The zero-order chi connectivity index (χ0) is 32.5. The van der Waals surface area contributed by atoms with Gasteiger partial charge in [-0.2, -0.15) is 0 Å². The summed E-state index contributed by atoms with van der Waals surface area (Å²) in [7, 11) is 4.58. The number of nitrogens with zero attached hydrogens (tertiary/aromatic N) is 2. The van der Waals surface area contributed by atoms with Crippen LogP contribution in [0.4, 0.5) is 11.4 Å². The lowest BCUT2D eigenvalue weighted by molar-refractivity contribution is -0.139. The van der Waals surface area contributed by atoms with Crippen LogP contribution in [0.5, 0.6) is 17.2 Å². The van der Waals surface area contributed by atoms with E-state index < -0.39 is 6.04 Å². The largest absolute Gasteiger partial charge is 0.493 e. The number of methoxy groups -OCH3 is 3. The first kappa shape index (κ1) is 32.4. The van der Waals surface area contributed by atoms with E-state index in [1.165, 1.54) is 21.3 Å². The van der Waals surface area contributed by atoms with Gasteiger partial charge in [0.1, 0.15) is 6.04 Å². The average molecular weight is 624 g/mol. The minimum absolute atomic E-state index is 0.120. The second-order valence-corrected chi connectivity index (χ2v) is 11.1. The molecule has 1 fully saturated rings. The van der Waals surface area contributed by atoms with Crippen molar-refractivity contribution in [2.24, 2.45) is 0 Å². The number of aryl methyl sites for hydroxylation is 1. The van der Waals surface area contributed by atoms with Crippen molar-refractivity contribution in [1.82, 2.24) is 4.90 Å². The molecule has 0 radical (unpaired) electrons. The molecule has 0 spiro atoms. The Morgan fingerprint density at radius 3 is 2.09 bits per heavy atom. The third-order valence-electron chi connectivity index (χ3n) is 8.19. The third-order valence-corrected chi connectivity index (χ3v) is 8.19. The van der Waals surface area contributed by atoms with Crippen molar-refractivity contribution in [3.05, 3.63) is 113 Å². The minimum Gasteiger partial charge on any atom is -0.493 e.